The van der Waals surface area contributed by atoms with E-state index in [4.69, 9.17) is 0 Å². The van der Waals surface area contributed by atoms with Gasteiger partial charge < -0.3 is 0 Å². The van der Waals surface area contributed by atoms with Gasteiger partial charge in [0.25, 0.3) is 0 Å². The maximum Gasteiger partial charge on any atom is -0.0236 e. The molecule has 4 saturated carbocycles. The fraction of sp³-hybridized carbons (Fsp3) is 0.929. The fourth-order valence-electron chi connectivity index (χ4n) is 8.24. The Bertz CT molecular complexity index is 454. The van der Waals surface area contributed by atoms with Gasteiger partial charge in [0, 0.05) is 0 Å². The smallest absolute Gasteiger partial charge is 0.0236 e. The van der Waals surface area contributed by atoms with Crippen LogP contribution in [0.4, 0.5) is 0 Å². The predicted octanol–water partition coefficient (Wildman–Crippen LogP) is 8.81. The van der Waals surface area contributed by atoms with E-state index in [1.54, 1.807) is 70.6 Å². The molecule has 0 aliphatic heterocycles. The molecule has 0 aromatic carbocycles. The van der Waals surface area contributed by atoms with E-state index in [2.05, 4.69) is 19.6 Å². The van der Waals surface area contributed by atoms with Gasteiger partial charge in [0.15, 0.2) is 0 Å². The highest BCUT2D eigenvalue weighted by molar-refractivity contribution is 4.90. The Morgan fingerprint density at radius 3 is 1.39 bits per heavy atom. The van der Waals surface area contributed by atoms with Gasteiger partial charge in [0.2, 0.25) is 0 Å². The van der Waals surface area contributed by atoms with Crippen molar-refractivity contribution in [3.8, 4) is 0 Å². The van der Waals surface area contributed by atoms with Crippen molar-refractivity contribution in [1.29, 1.82) is 0 Å². The molecule has 0 bridgehead atoms. The van der Waals surface area contributed by atoms with Crippen LogP contribution in [0, 0.1) is 47.3 Å². The highest BCUT2D eigenvalue weighted by atomic mass is 14.4. The van der Waals surface area contributed by atoms with E-state index < -0.39 is 0 Å². The van der Waals surface area contributed by atoms with Crippen LogP contribution in [0.15, 0.2) is 12.7 Å². The van der Waals surface area contributed by atoms with Crippen LogP contribution in [0.25, 0.3) is 0 Å². The van der Waals surface area contributed by atoms with E-state index in [9.17, 15) is 0 Å². The van der Waals surface area contributed by atoms with Crippen molar-refractivity contribution in [2.75, 3.05) is 0 Å². The Labute approximate surface area is 176 Å². The first kappa shape index (κ1) is 21.0. The number of hydrogen-bond acceptors (Lipinski definition) is 0. The Morgan fingerprint density at radius 2 is 0.964 bits per heavy atom. The first-order valence-electron chi connectivity index (χ1n) is 13.4. The molecule has 0 radical (unpaired) electrons. The van der Waals surface area contributed by atoms with Gasteiger partial charge in [0.05, 0.1) is 0 Å². The molecule has 4 aliphatic rings. The third-order valence-electron chi connectivity index (χ3n) is 10.1. The van der Waals surface area contributed by atoms with Gasteiger partial charge in [-0.15, -0.1) is 6.58 Å². The molecule has 0 aromatic heterocycles. The van der Waals surface area contributed by atoms with Crippen molar-refractivity contribution < 1.29 is 0 Å². The molecule has 2 unspecified atom stereocenters. The number of allylic oxidation sites excluding steroid dienone is 1. The average molecular weight is 385 g/mol. The quantitative estimate of drug-likeness (QED) is 0.401. The van der Waals surface area contributed by atoms with Crippen molar-refractivity contribution in [3.05, 3.63) is 12.7 Å². The second-order valence-electron chi connectivity index (χ2n) is 11.5. The summed E-state index contributed by atoms with van der Waals surface area (Å²) in [4.78, 5) is 0. The standard InChI is InChI=1S/C28H48/c1-3-5-22-8-11-28(20-22)27-18-16-26(17-19-27)25-14-12-24(13-15-25)23-9-6-21(4-2)7-10-23/h4,21-28H,2-3,5-20H2,1H3. The Balaban J connectivity index is 1.16. The molecular weight excluding hydrogens is 336 g/mol. The van der Waals surface area contributed by atoms with Crippen molar-refractivity contribution in [3.63, 3.8) is 0 Å². The Kier molecular flexibility index (Phi) is 7.62. The molecule has 0 aromatic rings. The summed E-state index contributed by atoms with van der Waals surface area (Å²) < 4.78 is 0. The second kappa shape index (κ2) is 10.2. The number of hydrogen-bond donors (Lipinski definition) is 0. The van der Waals surface area contributed by atoms with E-state index in [0.717, 1.165) is 47.3 Å². The van der Waals surface area contributed by atoms with Crippen LogP contribution in [0.3, 0.4) is 0 Å². The zero-order valence-electron chi connectivity index (χ0n) is 18.9. The molecule has 0 saturated heterocycles. The number of rotatable bonds is 6. The van der Waals surface area contributed by atoms with Crippen molar-refractivity contribution in [2.24, 2.45) is 47.3 Å². The van der Waals surface area contributed by atoms with E-state index in [-0.39, 0.29) is 0 Å². The highest BCUT2D eigenvalue weighted by Crippen LogP contribution is 2.49. The minimum Gasteiger partial charge on any atom is -0.103 e. The van der Waals surface area contributed by atoms with E-state index in [1.807, 2.05) is 0 Å². The molecule has 0 heteroatoms. The minimum absolute atomic E-state index is 0.833. The van der Waals surface area contributed by atoms with E-state index in [1.165, 1.54) is 38.5 Å². The topological polar surface area (TPSA) is 0 Å². The average Bonchev–Trinajstić information content (AvgIpc) is 3.23. The molecule has 28 heavy (non-hydrogen) atoms. The summed E-state index contributed by atoms with van der Waals surface area (Å²) in [6, 6.07) is 0. The first-order chi connectivity index (χ1) is 13.8. The molecule has 4 rings (SSSR count). The Morgan fingerprint density at radius 1 is 0.571 bits per heavy atom. The molecular formula is C28H48. The zero-order valence-corrected chi connectivity index (χ0v) is 18.9. The van der Waals surface area contributed by atoms with Crippen LogP contribution in [-0.2, 0) is 0 Å². The minimum atomic E-state index is 0.833. The van der Waals surface area contributed by atoms with Crippen LogP contribution in [-0.4, -0.2) is 0 Å². The highest BCUT2D eigenvalue weighted by Gasteiger charge is 2.37. The lowest BCUT2D eigenvalue weighted by atomic mass is 9.64. The summed E-state index contributed by atoms with van der Waals surface area (Å²) in [5.41, 5.74) is 0. The lowest BCUT2D eigenvalue weighted by Gasteiger charge is -2.42. The summed E-state index contributed by atoms with van der Waals surface area (Å²) in [5, 5.41) is 0. The molecule has 0 nitrogen and oxygen atoms in total. The van der Waals surface area contributed by atoms with Gasteiger partial charge in [-0.25, -0.2) is 0 Å². The Hall–Kier alpha value is -0.260. The third kappa shape index (κ3) is 5.07. The second-order valence-corrected chi connectivity index (χ2v) is 11.5. The lowest BCUT2D eigenvalue weighted by molar-refractivity contribution is 0.0983. The van der Waals surface area contributed by atoms with Gasteiger partial charge >= 0.3 is 0 Å². The maximum atomic E-state index is 4.03. The fourth-order valence-corrected chi connectivity index (χ4v) is 8.24. The van der Waals surface area contributed by atoms with Gasteiger partial charge in [0.1, 0.15) is 0 Å². The molecule has 2 atom stereocenters. The molecule has 0 spiro atoms. The molecule has 4 aliphatic carbocycles. The zero-order chi connectivity index (χ0) is 19.3. The van der Waals surface area contributed by atoms with Crippen molar-refractivity contribution >= 4 is 0 Å². The van der Waals surface area contributed by atoms with Gasteiger partial charge in [-0.1, -0.05) is 32.3 Å². The van der Waals surface area contributed by atoms with Crippen LogP contribution >= 0.6 is 0 Å². The SMILES string of the molecule is C=CC1CCC(C2CCC(C3CCC(C4CCC(CCC)C4)CC3)CC2)CC1. The van der Waals surface area contributed by atoms with Gasteiger partial charge in [-0.3, -0.25) is 0 Å². The third-order valence-corrected chi connectivity index (χ3v) is 10.1. The van der Waals surface area contributed by atoms with E-state index >= 15 is 0 Å². The first-order valence-corrected chi connectivity index (χ1v) is 13.4. The summed E-state index contributed by atoms with van der Waals surface area (Å²) in [7, 11) is 0. The lowest BCUT2D eigenvalue weighted by Crippen LogP contribution is -2.30. The summed E-state index contributed by atoms with van der Waals surface area (Å²) in [5.74, 6) is 8.47. The summed E-state index contributed by atoms with van der Waals surface area (Å²) >= 11 is 0. The molecule has 160 valence electrons. The summed E-state index contributed by atoms with van der Waals surface area (Å²) in [6.45, 7) is 6.40. The van der Waals surface area contributed by atoms with Crippen LogP contribution in [0.2, 0.25) is 0 Å². The summed E-state index contributed by atoms with van der Waals surface area (Å²) in [6.07, 6.45) is 28.3. The van der Waals surface area contributed by atoms with Crippen LogP contribution in [0.5, 0.6) is 0 Å². The van der Waals surface area contributed by atoms with Crippen LogP contribution in [0.1, 0.15) is 116 Å². The van der Waals surface area contributed by atoms with Crippen molar-refractivity contribution in [2.45, 2.75) is 116 Å². The molecule has 0 heterocycles. The molecule has 0 amide bonds. The van der Waals surface area contributed by atoms with Crippen molar-refractivity contribution in [1.82, 2.24) is 0 Å². The molecule has 0 N–H and O–H groups in total. The van der Waals surface area contributed by atoms with Gasteiger partial charge in [-0.05, 0) is 137 Å². The van der Waals surface area contributed by atoms with Gasteiger partial charge in [-0.2, -0.15) is 0 Å². The maximum absolute atomic E-state index is 4.03. The van der Waals surface area contributed by atoms with Crippen LogP contribution < -0.4 is 0 Å². The molecule has 4 fully saturated rings. The predicted molar refractivity (Wildman–Crippen MR) is 122 cm³/mol. The largest absolute Gasteiger partial charge is 0.103 e. The monoisotopic (exact) mass is 384 g/mol. The normalized spacial score (nSPS) is 45.0. The van der Waals surface area contributed by atoms with E-state index in [0.29, 0.717) is 0 Å².